The van der Waals surface area contributed by atoms with E-state index in [0.717, 1.165) is 4.47 Å². The number of nitrogens with one attached hydrogen (secondary N) is 1. The Balaban J connectivity index is 1.93. The van der Waals surface area contributed by atoms with Crippen LogP contribution in [0.15, 0.2) is 46.9 Å². The van der Waals surface area contributed by atoms with Crippen LogP contribution in [0.4, 0.5) is 10.1 Å². The highest BCUT2D eigenvalue weighted by molar-refractivity contribution is 9.10. The zero-order valence-corrected chi connectivity index (χ0v) is 14.3. The number of likely N-dealkylation sites (N-methyl/N-ethyl adjacent to an activating group) is 1. The number of carbonyl (C=O) groups is 1. The molecule has 0 aromatic heterocycles. The Labute approximate surface area is 142 Å². The van der Waals surface area contributed by atoms with Crippen LogP contribution in [-0.4, -0.2) is 24.4 Å². The third-order valence-corrected chi connectivity index (χ3v) is 3.82. The lowest BCUT2D eigenvalue weighted by Gasteiger charge is -2.17. The van der Waals surface area contributed by atoms with Crippen LogP contribution in [0.25, 0.3) is 0 Å². The van der Waals surface area contributed by atoms with Gasteiger partial charge in [0.05, 0.1) is 17.3 Å². The lowest BCUT2D eigenvalue weighted by Crippen LogP contribution is -2.30. The van der Waals surface area contributed by atoms with Crippen LogP contribution in [-0.2, 0) is 11.3 Å². The maximum Gasteiger partial charge on any atom is 0.238 e. The number of hydrogen-bond donors (Lipinski definition) is 1. The highest BCUT2D eigenvalue weighted by Gasteiger charge is 2.11. The van der Waals surface area contributed by atoms with Crippen LogP contribution < -0.4 is 5.32 Å². The number of amides is 1. The minimum atomic E-state index is -0.272. The summed E-state index contributed by atoms with van der Waals surface area (Å²) in [6.45, 7) is 0.495. The summed E-state index contributed by atoms with van der Waals surface area (Å²) < 4.78 is 14.4. The predicted octanol–water partition coefficient (Wildman–Crippen LogP) is 4.31. The Kier molecular flexibility index (Phi) is 5.94. The van der Waals surface area contributed by atoms with Crippen LogP contribution in [0.1, 0.15) is 5.56 Å². The molecule has 0 unspecified atom stereocenters. The number of hydrogen-bond acceptors (Lipinski definition) is 2. The Morgan fingerprint density at radius 1 is 1.32 bits per heavy atom. The van der Waals surface area contributed by atoms with Gasteiger partial charge < -0.3 is 5.32 Å². The second-order valence-electron chi connectivity index (χ2n) is 4.94. The molecule has 2 aromatic rings. The lowest BCUT2D eigenvalue weighted by atomic mass is 10.2. The summed E-state index contributed by atoms with van der Waals surface area (Å²) >= 11 is 9.36. The first kappa shape index (κ1) is 16.9. The second kappa shape index (κ2) is 7.72. The Bertz CT molecular complexity index is 681. The summed E-state index contributed by atoms with van der Waals surface area (Å²) in [7, 11) is 1.76. The normalized spacial score (nSPS) is 10.8. The molecule has 0 aliphatic heterocycles. The Morgan fingerprint density at radius 2 is 2.05 bits per heavy atom. The Hall–Kier alpha value is -1.43. The van der Waals surface area contributed by atoms with Crippen molar-refractivity contribution in [2.24, 2.45) is 0 Å². The molecule has 116 valence electrons. The van der Waals surface area contributed by atoms with E-state index in [1.807, 2.05) is 0 Å². The molecule has 0 saturated heterocycles. The van der Waals surface area contributed by atoms with Crippen LogP contribution in [0, 0.1) is 5.82 Å². The third kappa shape index (κ3) is 4.80. The van der Waals surface area contributed by atoms with E-state index in [2.05, 4.69) is 21.2 Å². The van der Waals surface area contributed by atoms with Crippen molar-refractivity contribution in [1.82, 2.24) is 4.90 Å². The SMILES string of the molecule is CN(CC(=O)Nc1ccc(Br)cc1Cl)Cc1ccccc1F. The molecule has 0 saturated carbocycles. The topological polar surface area (TPSA) is 32.3 Å². The van der Waals surface area contributed by atoms with Crippen molar-refractivity contribution in [3.05, 3.63) is 63.3 Å². The lowest BCUT2D eigenvalue weighted by molar-refractivity contribution is -0.117. The minimum Gasteiger partial charge on any atom is -0.324 e. The van der Waals surface area contributed by atoms with Crippen molar-refractivity contribution < 1.29 is 9.18 Å². The maximum atomic E-state index is 13.6. The van der Waals surface area contributed by atoms with E-state index in [-0.39, 0.29) is 18.3 Å². The summed E-state index contributed by atoms with van der Waals surface area (Å²) in [5.41, 5.74) is 1.11. The van der Waals surface area contributed by atoms with Gasteiger partial charge in [0.1, 0.15) is 5.82 Å². The van der Waals surface area contributed by atoms with E-state index in [0.29, 0.717) is 22.8 Å². The summed E-state index contributed by atoms with van der Waals surface area (Å²) in [4.78, 5) is 13.8. The molecular formula is C16H15BrClFN2O. The quantitative estimate of drug-likeness (QED) is 0.832. The molecular weight excluding hydrogens is 371 g/mol. The number of anilines is 1. The van der Waals surface area contributed by atoms with E-state index in [1.54, 1.807) is 48.3 Å². The molecule has 0 aliphatic carbocycles. The average Bonchev–Trinajstić information content (AvgIpc) is 2.44. The highest BCUT2D eigenvalue weighted by Crippen LogP contribution is 2.25. The number of rotatable bonds is 5. The fourth-order valence-electron chi connectivity index (χ4n) is 2.00. The summed E-state index contributed by atoms with van der Waals surface area (Å²) in [5.74, 6) is -0.478. The standard InChI is InChI=1S/C16H15BrClFN2O/c1-21(9-11-4-2-3-5-14(11)19)10-16(22)20-15-7-6-12(17)8-13(15)18/h2-8H,9-10H2,1H3,(H,20,22). The molecule has 0 bridgehead atoms. The molecule has 0 spiro atoms. The first-order valence-electron chi connectivity index (χ1n) is 6.62. The fourth-order valence-corrected chi connectivity index (χ4v) is 2.72. The molecule has 22 heavy (non-hydrogen) atoms. The van der Waals surface area contributed by atoms with Crippen molar-refractivity contribution in [2.45, 2.75) is 6.54 Å². The van der Waals surface area contributed by atoms with Crippen molar-refractivity contribution in [3.63, 3.8) is 0 Å². The van der Waals surface area contributed by atoms with Crippen molar-refractivity contribution in [2.75, 3.05) is 18.9 Å². The van der Waals surface area contributed by atoms with Gasteiger partial charge in [-0.15, -0.1) is 0 Å². The van der Waals surface area contributed by atoms with E-state index in [1.165, 1.54) is 6.07 Å². The zero-order chi connectivity index (χ0) is 16.1. The van der Waals surface area contributed by atoms with Gasteiger partial charge in [-0.1, -0.05) is 45.7 Å². The third-order valence-electron chi connectivity index (χ3n) is 3.02. The first-order valence-corrected chi connectivity index (χ1v) is 7.79. The largest absolute Gasteiger partial charge is 0.324 e. The van der Waals surface area contributed by atoms with Crippen molar-refractivity contribution in [1.29, 1.82) is 0 Å². The van der Waals surface area contributed by atoms with Crippen LogP contribution in [0.3, 0.4) is 0 Å². The van der Waals surface area contributed by atoms with E-state index < -0.39 is 0 Å². The molecule has 0 fully saturated rings. The highest BCUT2D eigenvalue weighted by atomic mass is 79.9. The molecule has 2 rings (SSSR count). The molecule has 1 amide bonds. The number of nitrogens with zero attached hydrogens (tertiary/aromatic N) is 1. The van der Waals surface area contributed by atoms with Crippen LogP contribution >= 0.6 is 27.5 Å². The van der Waals surface area contributed by atoms with Gasteiger partial charge in [0.25, 0.3) is 0 Å². The van der Waals surface area contributed by atoms with Crippen LogP contribution in [0.2, 0.25) is 5.02 Å². The van der Waals surface area contributed by atoms with Gasteiger partial charge in [0.15, 0.2) is 0 Å². The number of carbonyl (C=O) groups excluding carboxylic acids is 1. The number of halogens is 3. The van der Waals surface area contributed by atoms with Gasteiger partial charge >= 0.3 is 0 Å². The van der Waals surface area contributed by atoms with Gasteiger partial charge in [0, 0.05) is 16.6 Å². The maximum absolute atomic E-state index is 13.6. The van der Waals surface area contributed by atoms with Gasteiger partial charge in [-0.3, -0.25) is 9.69 Å². The second-order valence-corrected chi connectivity index (χ2v) is 6.26. The van der Waals surface area contributed by atoms with Gasteiger partial charge in [-0.05, 0) is 31.3 Å². The number of benzene rings is 2. The van der Waals surface area contributed by atoms with Gasteiger partial charge in [-0.2, -0.15) is 0 Å². The van der Waals surface area contributed by atoms with Crippen LogP contribution in [0.5, 0.6) is 0 Å². The molecule has 3 nitrogen and oxygen atoms in total. The molecule has 2 aromatic carbocycles. The molecule has 0 atom stereocenters. The predicted molar refractivity (Wildman–Crippen MR) is 90.5 cm³/mol. The van der Waals surface area contributed by atoms with E-state index in [9.17, 15) is 9.18 Å². The summed E-state index contributed by atoms with van der Waals surface area (Å²) in [5, 5.41) is 3.20. The van der Waals surface area contributed by atoms with Gasteiger partial charge in [-0.25, -0.2) is 4.39 Å². The first-order chi connectivity index (χ1) is 10.5. The molecule has 0 radical (unpaired) electrons. The fraction of sp³-hybridized carbons (Fsp3) is 0.188. The average molecular weight is 386 g/mol. The van der Waals surface area contributed by atoms with Gasteiger partial charge in [0.2, 0.25) is 5.91 Å². The molecule has 1 N–H and O–H groups in total. The van der Waals surface area contributed by atoms with E-state index >= 15 is 0 Å². The monoisotopic (exact) mass is 384 g/mol. The van der Waals surface area contributed by atoms with E-state index in [4.69, 9.17) is 11.6 Å². The summed E-state index contributed by atoms with van der Waals surface area (Å²) in [6, 6.07) is 11.8. The smallest absolute Gasteiger partial charge is 0.238 e. The molecule has 6 heteroatoms. The Morgan fingerprint density at radius 3 is 2.73 bits per heavy atom. The van der Waals surface area contributed by atoms with Crippen molar-refractivity contribution >= 4 is 39.1 Å². The molecule has 0 aliphatic rings. The zero-order valence-electron chi connectivity index (χ0n) is 11.9. The minimum absolute atomic E-state index is 0.140. The summed E-state index contributed by atoms with van der Waals surface area (Å²) in [6.07, 6.45) is 0. The molecule has 0 heterocycles. The van der Waals surface area contributed by atoms with Crippen molar-refractivity contribution in [3.8, 4) is 0 Å².